The normalized spacial score (nSPS) is 10.5. The summed E-state index contributed by atoms with van der Waals surface area (Å²) in [5.74, 6) is 1.75. The van der Waals surface area contributed by atoms with Crippen molar-refractivity contribution < 1.29 is 4.74 Å². The first-order chi connectivity index (χ1) is 10.7. The number of para-hydroxylation sites is 2. The van der Waals surface area contributed by atoms with Crippen molar-refractivity contribution in [1.29, 1.82) is 0 Å². The first-order valence-electron chi connectivity index (χ1n) is 7.29. The highest BCUT2D eigenvalue weighted by Crippen LogP contribution is 2.38. The van der Waals surface area contributed by atoms with E-state index in [2.05, 4.69) is 38.1 Å². The van der Waals surface area contributed by atoms with Gasteiger partial charge >= 0.3 is 0 Å². The summed E-state index contributed by atoms with van der Waals surface area (Å²) in [4.78, 5) is 2.38. The fourth-order valence-corrected chi connectivity index (χ4v) is 3.22. The molecule has 0 aromatic heterocycles. The Kier molecular flexibility index (Phi) is 4.50. The van der Waals surface area contributed by atoms with Crippen LogP contribution in [0.25, 0.3) is 0 Å². The van der Waals surface area contributed by atoms with Gasteiger partial charge in [-0.1, -0.05) is 59.8 Å². The molecule has 0 aliphatic rings. The molecule has 110 valence electrons. The second kappa shape index (κ2) is 6.71. The van der Waals surface area contributed by atoms with Crippen molar-refractivity contribution in [1.82, 2.24) is 0 Å². The third-order valence-corrected chi connectivity index (χ3v) is 4.61. The molecule has 3 rings (SSSR count). The van der Waals surface area contributed by atoms with Crippen LogP contribution in [-0.2, 0) is 0 Å². The maximum atomic E-state index is 6.02. The Hall–Kier alpha value is -2.19. The highest BCUT2D eigenvalue weighted by atomic mass is 32.2. The van der Waals surface area contributed by atoms with Gasteiger partial charge in [0.15, 0.2) is 0 Å². The molecule has 0 aliphatic carbocycles. The highest BCUT2D eigenvalue weighted by molar-refractivity contribution is 7.99. The van der Waals surface area contributed by atoms with E-state index in [1.807, 2.05) is 48.5 Å². The van der Waals surface area contributed by atoms with E-state index in [1.165, 1.54) is 16.0 Å². The van der Waals surface area contributed by atoms with Gasteiger partial charge in [-0.25, -0.2) is 0 Å². The van der Waals surface area contributed by atoms with E-state index in [0.29, 0.717) is 0 Å². The summed E-state index contributed by atoms with van der Waals surface area (Å²) in [6.07, 6.45) is 0. The molecule has 3 aromatic carbocycles. The summed E-state index contributed by atoms with van der Waals surface area (Å²) in [5.41, 5.74) is 2.58. The molecule has 0 radical (unpaired) electrons. The topological polar surface area (TPSA) is 9.23 Å². The van der Waals surface area contributed by atoms with Crippen molar-refractivity contribution in [2.45, 2.75) is 23.6 Å². The summed E-state index contributed by atoms with van der Waals surface area (Å²) in [5, 5.41) is 0. The summed E-state index contributed by atoms with van der Waals surface area (Å²) < 4.78 is 6.02. The lowest BCUT2D eigenvalue weighted by Gasteiger charge is -2.12. The zero-order chi connectivity index (χ0) is 15.4. The van der Waals surface area contributed by atoms with E-state index in [0.717, 1.165) is 16.4 Å². The predicted molar refractivity (Wildman–Crippen MR) is 93.0 cm³/mol. The Labute approximate surface area is 136 Å². The number of aryl methyl sites for hydroxylation is 2. The Morgan fingerprint density at radius 1 is 0.727 bits per heavy atom. The van der Waals surface area contributed by atoms with Crippen LogP contribution in [0.2, 0.25) is 0 Å². The van der Waals surface area contributed by atoms with Crippen LogP contribution in [0.3, 0.4) is 0 Å². The molecule has 2 heteroatoms. The molecule has 3 aromatic rings. The third-order valence-electron chi connectivity index (χ3n) is 3.37. The van der Waals surface area contributed by atoms with Gasteiger partial charge < -0.3 is 4.74 Å². The van der Waals surface area contributed by atoms with Crippen molar-refractivity contribution in [2.75, 3.05) is 0 Å². The standard InChI is InChI=1S/C20H18OS/c1-15-12-13-19(16(2)14-15)22-20-11-7-6-10-18(20)21-17-8-4-3-5-9-17/h3-14H,1-2H3. The monoisotopic (exact) mass is 306 g/mol. The minimum atomic E-state index is 0.858. The molecule has 0 N–H and O–H groups in total. The van der Waals surface area contributed by atoms with Gasteiger partial charge in [-0.05, 0) is 49.7 Å². The van der Waals surface area contributed by atoms with E-state index in [4.69, 9.17) is 4.74 Å². The highest BCUT2D eigenvalue weighted by Gasteiger charge is 2.08. The molecule has 0 heterocycles. The molecule has 0 saturated carbocycles. The van der Waals surface area contributed by atoms with Crippen LogP contribution in [-0.4, -0.2) is 0 Å². The zero-order valence-electron chi connectivity index (χ0n) is 12.7. The van der Waals surface area contributed by atoms with Gasteiger partial charge in [-0.2, -0.15) is 0 Å². The van der Waals surface area contributed by atoms with Crippen LogP contribution in [0.1, 0.15) is 11.1 Å². The Morgan fingerprint density at radius 3 is 2.23 bits per heavy atom. The first kappa shape index (κ1) is 14.7. The number of rotatable bonds is 4. The summed E-state index contributed by atoms with van der Waals surface area (Å²) in [6, 6.07) is 24.6. The molecule has 0 spiro atoms. The van der Waals surface area contributed by atoms with Gasteiger partial charge in [-0.3, -0.25) is 0 Å². The van der Waals surface area contributed by atoms with Gasteiger partial charge in [0.1, 0.15) is 11.5 Å². The Morgan fingerprint density at radius 2 is 1.45 bits per heavy atom. The van der Waals surface area contributed by atoms with E-state index in [-0.39, 0.29) is 0 Å². The molecule has 0 fully saturated rings. The lowest BCUT2D eigenvalue weighted by molar-refractivity contribution is 0.471. The van der Waals surface area contributed by atoms with E-state index < -0.39 is 0 Å². The summed E-state index contributed by atoms with van der Waals surface area (Å²) >= 11 is 1.74. The zero-order valence-corrected chi connectivity index (χ0v) is 13.6. The van der Waals surface area contributed by atoms with Gasteiger partial charge in [0.2, 0.25) is 0 Å². The van der Waals surface area contributed by atoms with Crippen molar-refractivity contribution in [3.63, 3.8) is 0 Å². The lowest BCUT2D eigenvalue weighted by Crippen LogP contribution is -1.87. The number of hydrogen-bond donors (Lipinski definition) is 0. The quantitative estimate of drug-likeness (QED) is 0.563. The molecule has 0 unspecified atom stereocenters. The molecule has 0 bridgehead atoms. The summed E-state index contributed by atoms with van der Waals surface area (Å²) in [6.45, 7) is 4.27. The molecule has 0 amide bonds. The van der Waals surface area contributed by atoms with Crippen molar-refractivity contribution in [3.8, 4) is 11.5 Å². The van der Waals surface area contributed by atoms with Gasteiger partial charge in [0.05, 0.1) is 4.90 Å². The van der Waals surface area contributed by atoms with E-state index >= 15 is 0 Å². The minimum Gasteiger partial charge on any atom is -0.456 e. The molecular weight excluding hydrogens is 288 g/mol. The maximum absolute atomic E-state index is 6.02. The second-order valence-corrected chi connectivity index (χ2v) is 6.32. The maximum Gasteiger partial charge on any atom is 0.141 e. The molecule has 1 nitrogen and oxygen atoms in total. The fourth-order valence-electron chi connectivity index (χ4n) is 2.27. The van der Waals surface area contributed by atoms with Crippen molar-refractivity contribution >= 4 is 11.8 Å². The van der Waals surface area contributed by atoms with Gasteiger partial charge in [0, 0.05) is 4.90 Å². The van der Waals surface area contributed by atoms with Gasteiger partial charge in [0.25, 0.3) is 0 Å². The number of hydrogen-bond acceptors (Lipinski definition) is 2. The van der Waals surface area contributed by atoms with Crippen LogP contribution in [0.15, 0.2) is 82.6 Å². The molecular formula is C20H18OS. The van der Waals surface area contributed by atoms with Gasteiger partial charge in [-0.15, -0.1) is 0 Å². The number of ether oxygens (including phenoxy) is 1. The molecule has 22 heavy (non-hydrogen) atoms. The minimum absolute atomic E-state index is 0.858. The van der Waals surface area contributed by atoms with Crippen LogP contribution in [0.4, 0.5) is 0 Å². The summed E-state index contributed by atoms with van der Waals surface area (Å²) in [7, 11) is 0. The molecule has 0 atom stereocenters. The lowest BCUT2D eigenvalue weighted by atomic mass is 10.2. The van der Waals surface area contributed by atoms with Crippen LogP contribution >= 0.6 is 11.8 Å². The van der Waals surface area contributed by atoms with Crippen molar-refractivity contribution in [2.24, 2.45) is 0 Å². The van der Waals surface area contributed by atoms with Crippen LogP contribution < -0.4 is 4.74 Å². The largest absolute Gasteiger partial charge is 0.456 e. The van der Waals surface area contributed by atoms with Crippen molar-refractivity contribution in [3.05, 3.63) is 83.9 Å². The van der Waals surface area contributed by atoms with E-state index in [1.54, 1.807) is 11.8 Å². The van der Waals surface area contributed by atoms with Crippen LogP contribution in [0, 0.1) is 13.8 Å². The molecule has 0 aliphatic heterocycles. The molecule has 0 saturated heterocycles. The smallest absolute Gasteiger partial charge is 0.141 e. The second-order valence-electron chi connectivity index (χ2n) is 5.23. The predicted octanol–water partition coefficient (Wildman–Crippen LogP) is 6.25. The average molecular weight is 306 g/mol. The van der Waals surface area contributed by atoms with E-state index in [9.17, 15) is 0 Å². The SMILES string of the molecule is Cc1ccc(Sc2ccccc2Oc2ccccc2)c(C)c1. The Balaban J connectivity index is 1.88. The first-order valence-corrected chi connectivity index (χ1v) is 8.11. The number of benzene rings is 3. The average Bonchev–Trinajstić information content (AvgIpc) is 2.53. The third kappa shape index (κ3) is 3.52. The van der Waals surface area contributed by atoms with Crippen LogP contribution in [0.5, 0.6) is 11.5 Å². The fraction of sp³-hybridized carbons (Fsp3) is 0.100. The Bertz CT molecular complexity index is 766.